The summed E-state index contributed by atoms with van der Waals surface area (Å²) in [4.78, 5) is 0. The van der Waals surface area contributed by atoms with E-state index in [0.29, 0.717) is 17.8 Å². The van der Waals surface area contributed by atoms with Crippen molar-refractivity contribution < 1.29 is 5.11 Å². The van der Waals surface area contributed by atoms with Crippen molar-refractivity contribution in [2.24, 2.45) is 11.8 Å². The summed E-state index contributed by atoms with van der Waals surface area (Å²) < 4.78 is 0. The molecule has 0 aromatic heterocycles. The molecule has 2 heteroatoms. The van der Waals surface area contributed by atoms with Gasteiger partial charge in [0.2, 0.25) is 0 Å². The van der Waals surface area contributed by atoms with E-state index in [9.17, 15) is 5.11 Å². The van der Waals surface area contributed by atoms with Gasteiger partial charge in [0.1, 0.15) is 0 Å². The Morgan fingerprint density at radius 2 is 1.83 bits per heavy atom. The third kappa shape index (κ3) is 3.82. The molecule has 2 unspecified atom stereocenters. The van der Waals surface area contributed by atoms with E-state index in [-0.39, 0.29) is 6.10 Å². The quantitative estimate of drug-likeness (QED) is 0.776. The van der Waals surface area contributed by atoms with Gasteiger partial charge in [-0.1, -0.05) is 44.2 Å². The van der Waals surface area contributed by atoms with Crippen molar-refractivity contribution in [3.63, 3.8) is 0 Å². The van der Waals surface area contributed by atoms with E-state index in [1.807, 2.05) is 0 Å². The van der Waals surface area contributed by atoms with Crippen LogP contribution in [-0.2, 0) is 0 Å². The summed E-state index contributed by atoms with van der Waals surface area (Å²) in [5.41, 5.74) is 1.39. The van der Waals surface area contributed by atoms with E-state index in [1.54, 1.807) is 0 Å². The van der Waals surface area contributed by atoms with Gasteiger partial charge in [-0.2, -0.15) is 0 Å². The first-order valence-electron chi connectivity index (χ1n) is 7.12. The van der Waals surface area contributed by atoms with E-state index < -0.39 is 0 Å². The molecule has 0 saturated heterocycles. The van der Waals surface area contributed by atoms with Gasteiger partial charge in [-0.25, -0.2) is 0 Å². The van der Waals surface area contributed by atoms with Crippen LogP contribution >= 0.6 is 0 Å². The topological polar surface area (TPSA) is 32.3 Å². The van der Waals surface area contributed by atoms with Crippen LogP contribution in [0.15, 0.2) is 30.3 Å². The largest absolute Gasteiger partial charge is 0.392 e. The van der Waals surface area contributed by atoms with Crippen LogP contribution in [0.2, 0.25) is 0 Å². The molecule has 1 saturated carbocycles. The molecule has 2 N–H and O–H groups in total. The van der Waals surface area contributed by atoms with Crippen molar-refractivity contribution in [2.45, 2.75) is 38.7 Å². The number of benzene rings is 1. The van der Waals surface area contributed by atoms with Crippen LogP contribution in [0.4, 0.5) is 0 Å². The highest BCUT2D eigenvalue weighted by Crippen LogP contribution is 2.32. The second kappa shape index (κ2) is 6.35. The number of rotatable bonds is 7. The summed E-state index contributed by atoms with van der Waals surface area (Å²) in [7, 11) is 0. The van der Waals surface area contributed by atoms with Gasteiger partial charge in [0.15, 0.2) is 0 Å². The molecule has 1 aromatic rings. The Kier molecular flexibility index (Phi) is 4.79. The zero-order chi connectivity index (χ0) is 13.0. The van der Waals surface area contributed by atoms with E-state index in [0.717, 1.165) is 13.1 Å². The number of hydrogen-bond acceptors (Lipinski definition) is 2. The van der Waals surface area contributed by atoms with Crippen molar-refractivity contribution in [1.82, 2.24) is 5.32 Å². The molecule has 100 valence electrons. The van der Waals surface area contributed by atoms with Crippen LogP contribution in [-0.4, -0.2) is 24.3 Å². The summed E-state index contributed by atoms with van der Waals surface area (Å²) in [6, 6.07) is 10.7. The molecule has 0 bridgehead atoms. The summed E-state index contributed by atoms with van der Waals surface area (Å²) in [6.45, 7) is 6.21. The number of aliphatic hydroxyl groups excluding tert-OH is 1. The van der Waals surface area contributed by atoms with E-state index >= 15 is 0 Å². The summed E-state index contributed by atoms with van der Waals surface area (Å²) in [5, 5.41) is 13.3. The Morgan fingerprint density at radius 3 is 2.39 bits per heavy atom. The zero-order valence-electron chi connectivity index (χ0n) is 11.5. The van der Waals surface area contributed by atoms with Crippen molar-refractivity contribution in [1.29, 1.82) is 0 Å². The monoisotopic (exact) mass is 247 g/mol. The van der Waals surface area contributed by atoms with E-state index in [1.165, 1.54) is 18.4 Å². The summed E-state index contributed by atoms with van der Waals surface area (Å²) in [6.07, 6.45) is 2.26. The smallest absolute Gasteiger partial charge is 0.0692 e. The van der Waals surface area contributed by atoms with Crippen LogP contribution in [0.1, 0.15) is 38.2 Å². The van der Waals surface area contributed by atoms with Gasteiger partial charge in [0.25, 0.3) is 0 Å². The van der Waals surface area contributed by atoms with Gasteiger partial charge < -0.3 is 10.4 Å². The molecule has 0 aliphatic heterocycles. The van der Waals surface area contributed by atoms with Crippen molar-refractivity contribution >= 4 is 0 Å². The first-order chi connectivity index (χ1) is 8.68. The van der Waals surface area contributed by atoms with Gasteiger partial charge in [-0.3, -0.25) is 0 Å². The highest BCUT2D eigenvalue weighted by molar-refractivity contribution is 5.20. The van der Waals surface area contributed by atoms with Crippen molar-refractivity contribution in [3.05, 3.63) is 35.9 Å². The fourth-order valence-corrected chi connectivity index (χ4v) is 2.47. The molecule has 2 rings (SSSR count). The molecular formula is C16H25NO. The Labute approximate surface area is 110 Å². The molecule has 2 nitrogen and oxygen atoms in total. The lowest BCUT2D eigenvalue weighted by atomic mass is 9.88. The van der Waals surface area contributed by atoms with Gasteiger partial charge in [0, 0.05) is 13.1 Å². The van der Waals surface area contributed by atoms with Crippen LogP contribution in [0.25, 0.3) is 0 Å². The lowest BCUT2D eigenvalue weighted by molar-refractivity contribution is 0.147. The lowest BCUT2D eigenvalue weighted by Crippen LogP contribution is -2.32. The minimum Gasteiger partial charge on any atom is -0.392 e. The zero-order valence-corrected chi connectivity index (χ0v) is 11.5. The van der Waals surface area contributed by atoms with Crippen molar-refractivity contribution in [2.75, 3.05) is 13.1 Å². The molecule has 1 fully saturated rings. The maximum absolute atomic E-state index is 9.85. The normalized spacial score (nSPS) is 18.9. The third-order valence-electron chi connectivity index (χ3n) is 3.92. The first-order valence-corrected chi connectivity index (χ1v) is 7.12. The highest BCUT2D eigenvalue weighted by atomic mass is 16.3. The van der Waals surface area contributed by atoms with Crippen LogP contribution in [0.3, 0.4) is 0 Å². The Balaban J connectivity index is 1.83. The fourth-order valence-electron chi connectivity index (χ4n) is 2.47. The minimum absolute atomic E-state index is 0.145. The van der Waals surface area contributed by atoms with Crippen LogP contribution in [0, 0.1) is 11.8 Å². The second-order valence-electron chi connectivity index (χ2n) is 5.82. The molecular weight excluding hydrogens is 222 g/mol. The average Bonchev–Trinajstić information content (AvgIpc) is 3.19. The molecule has 1 aliphatic carbocycles. The van der Waals surface area contributed by atoms with Gasteiger partial charge in [-0.05, 0) is 36.2 Å². The Morgan fingerprint density at radius 1 is 1.17 bits per heavy atom. The van der Waals surface area contributed by atoms with Crippen molar-refractivity contribution in [3.8, 4) is 0 Å². The molecule has 2 atom stereocenters. The maximum atomic E-state index is 9.85. The molecule has 0 radical (unpaired) electrons. The standard InChI is InChI=1S/C16H25NO/c1-12(2)15(13-6-4-3-5-7-13)10-17-11-16(18)14-8-9-14/h3-7,12,14-18H,8-11H2,1-2H3. The van der Waals surface area contributed by atoms with Crippen LogP contribution < -0.4 is 5.32 Å². The SMILES string of the molecule is CC(C)C(CNCC(O)C1CC1)c1ccccc1. The Hall–Kier alpha value is -0.860. The van der Waals surface area contributed by atoms with E-state index in [2.05, 4.69) is 49.5 Å². The molecule has 0 spiro atoms. The van der Waals surface area contributed by atoms with Crippen LogP contribution in [0.5, 0.6) is 0 Å². The second-order valence-corrected chi connectivity index (χ2v) is 5.82. The van der Waals surface area contributed by atoms with Gasteiger partial charge >= 0.3 is 0 Å². The molecule has 0 amide bonds. The predicted octanol–water partition coefficient (Wildman–Crippen LogP) is 2.79. The number of hydrogen-bond donors (Lipinski definition) is 2. The first kappa shape index (κ1) is 13.6. The molecule has 1 aromatic carbocycles. The summed E-state index contributed by atoms with van der Waals surface area (Å²) in [5.74, 6) is 1.70. The lowest BCUT2D eigenvalue weighted by Gasteiger charge is -2.22. The minimum atomic E-state index is -0.145. The third-order valence-corrected chi connectivity index (χ3v) is 3.92. The summed E-state index contributed by atoms with van der Waals surface area (Å²) >= 11 is 0. The predicted molar refractivity (Wildman–Crippen MR) is 75.6 cm³/mol. The van der Waals surface area contributed by atoms with E-state index in [4.69, 9.17) is 0 Å². The number of nitrogens with one attached hydrogen (secondary N) is 1. The average molecular weight is 247 g/mol. The molecule has 18 heavy (non-hydrogen) atoms. The Bertz CT molecular complexity index is 345. The fraction of sp³-hybridized carbons (Fsp3) is 0.625. The number of aliphatic hydroxyl groups is 1. The maximum Gasteiger partial charge on any atom is 0.0692 e. The van der Waals surface area contributed by atoms with Gasteiger partial charge in [0.05, 0.1) is 6.10 Å². The molecule has 1 aliphatic rings. The highest BCUT2D eigenvalue weighted by Gasteiger charge is 2.29. The van der Waals surface area contributed by atoms with Gasteiger partial charge in [-0.15, -0.1) is 0 Å². The molecule has 0 heterocycles.